The van der Waals surface area contributed by atoms with Crippen molar-refractivity contribution in [3.05, 3.63) is 69.2 Å². The van der Waals surface area contributed by atoms with Crippen LogP contribution in [0.3, 0.4) is 0 Å². The normalized spacial score (nSPS) is 14.0. The van der Waals surface area contributed by atoms with Gasteiger partial charge >= 0.3 is 0 Å². The number of carbonyl (C=O) groups excluding carboxylic acids is 2. The molecule has 0 radical (unpaired) electrons. The number of nitrogens with zero attached hydrogens (tertiary/aromatic N) is 4. The van der Waals surface area contributed by atoms with Crippen molar-refractivity contribution < 1.29 is 19.1 Å². The minimum Gasteiger partial charge on any atom is -0.477 e. The number of halogens is 1. The van der Waals surface area contributed by atoms with Gasteiger partial charge in [0.25, 0.3) is 11.5 Å². The van der Waals surface area contributed by atoms with E-state index < -0.39 is 11.3 Å². The number of carbonyl (C=O) groups is 2. The van der Waals surface area contributed by atoms with Gasteiger partial charge in [-0.15, -0.1) is 0 Å². The van der Waals surface area contributed by atoms with Gasteiger partial charge in [-0.2, -0.15) is 0 Å². The Bertz CT molecular complexity index is 1450. The molecule has 0 unspecified atom stereocenters. The molecule has 2 aromatic heterocycles. The van der Waals surface area contributed by atoms with Crippen LogP contribution in [0, 0.1) is 12.3 Å². The van der Waals surface area contributed by atoms with Gasteiger partial charge in [-0.3, -0.25) is 24.0 Å². The fourth-order valence-corrected chi connectivity index (χ4v) is 5.04. The van der Waals surface area contributed by atoms with E-state index in [9.17, 15) is 14.4 Å². The molecule has 0 saturated carbocycles. The molecule has 3 aromatic rings. The van der Waals surface area contributed by atoms with Crippen LogP contribution in [0.5, 0.6) is 5.88 Å². The summed E-state index contributed by atoms with van der Waals surface area (Å²) in [6.45, 7) is 12.3. The van der Waals surface area contributed by atoms with E-state index in [1.165, 1.54) is 12.3 Å². The first kappa shape index (κ1) is 31.3. The van der Waals surface area contributed by atoms with Crippen molar-refractivity contribution in [3.63, 3.8) is 0 Å². The second-order valence-electron chi connectivity index (χ2n) is 11.0. The highest BCUT2D eigenvalue weighted by molar-refractivity contribution is 6.30. The average molecular weight is 599 g/mol. The lowest BCUT2D eigenvalue weighted by molar-refractivity contribution is -0.118. The first-order chi connectivity index (χ1) is 20.1. The number of ether oxygens (including phenoxy) is 2. The van der Waals surface area contributed by atoms with E-state index in [1.54, 1.807) is 11.6 Å². The van der Waals surface area contributed by atoms with Crippen molar-refractivity contribution in [2.24, 2.45) is 5.41 Å². The maximum atomic E-state index is 13.7. The first-order valence-corrected chi connectivity index (χ1v) is 14.5. The zero-order valence-electron chi connectivity index (χ0n) is 24.6. The molecule has 2 amide bonds. The van der Waals surface area contributed by atoms with Gasteiger partial charge in [-0.05, 0) is 37.5 Å². The van der Waals surface area contributed by atoms with Gasteiger partial charge in [0.1, 0.15) is 11.3 Å². The molecule has 11 nitrogen and oxygen atoms in total. The molecule has 0 aliphatic carbocycles. The minimum atomic E-state index is -0.622. The number of para-hydroxylation sites is 1. The van der Waals surface area contributed by atoms with Gasteiger partial charge < -0.3 is 20.1 Å². The number of aromatic nitrogens is 3. The van der Waals surface area contributed by atoms with Gasteiger partial charge in [0.2, 0.25) is 11.8 Å². The number of hydrogen-bond acceptors (Lipinski definition) is 7. The summed E-state index contributed by atoms with van der Waals surface area (Å²) in [6.07, 6.45) is 1.49. The maximum absolute atomic E-state index is 13.7. The lowest BCUT2D eigenvalue weighted by atomic mass is 9.88. The van der Waals surface area contributed by atoms with Crippen LogP contribution in [0.15, 0.2) is 47.4 Å². The molecule has 0 bridgehead atoms. The number of nitrogens with one attached hydrogen (secondary N) is 2. The Morgan fingerprint density at radius 1 is 1.14 bits per heavy atom. The second-order valence-corrected chi connectivity index (χ2v) is 11.4. The molecular weight excluding hydrogens is 560 g/mol. The molecule has 1 saturated heterocycles. The van der Waals surface area contributed by atoms with E-state index in [2.05, 4.69) is 20.5 Å². The Balaban J connectivity index is 1.47. The van der Waals surface area contributed by atoms with Crippen molar-refractivity contribution in [1.82, 2.24) is 24.6 Å². The molecular formula is C30H39ClN6O5. The van der Waals surface area contributed by atoms with Gasteiger partial charge in [0, 0.05) is 38.8 Å². The third-order valence-electron chi connectivity index (χ3n) is 7.10. The Labute approximate surface area is 250 Å². The fraction of sp³-hybridized carbons (Fsp3) is 0.467. The monoisotopic (exact) mass is 598 g/mol. The molecule has 1 aliphatic rings. The molecule has 42 heavy (non-hydrogen) atoms. The predicted octanol–water partition coefficient (Wildman–Crippen LogP) is 3.51. The maximum Gasteiger partial charge on any atom is 0.295 e. The highest BCUT2D eigenvalue weighted by atomic mass is 35.5. The number of morpholine rings is 1. The van der Waals surface area contributed by atoms with E-state index in [0.29, 0.717) is 37.1 Å². The average Bonchev–Trinajstić information content (AvgIpc) is 3.20. The summed E-state index contributed by atoms with van der Waals surface area (Å²) in [5.41, 5.74) is 0.948. The Kier molecular flexibility index (Phi) is 10.4. The van der Waals surface area contributed by atoms with Crippen LogP contribution in [-0.4, -0.2) is 77.1 Å². The number of amides is 2. The zero-order valence-corrected chi connectivity index (χ0v) is 25.4. The van der Waals surface area contributed by atoms with E-state index >= 15 is 0 Å². The standard InChI is InChI=1S/C30H39ClN6O5/c1-5-42-28-24(17-22(31)19-32-28)27(39)33-20-30(3,4)18-25(38)34-26-21(2)36(12-11-35-13-15-41-16-14-35)37(29(26)40)23-9-7-6-8-10-23/h6-10,17,19H,5,11-16,18,20H2,1-4H3,(H,33,39)(H,34,38). The van der Waals surface area contributed by atoms with Crippen LogP contribution in [-0.2, 0) is 16.1 Å². The second kappa shape index (κ2) is 14.0. The molecule has 1 aliphatic heterocycles. The van der Waals surface area contributed by atoms with E-state index in [-0.39, 0.29) is 41.6 Å². The van der Waals surface area contributed by atoms with Gasteiger partial charge in [-0.1, -0.05) is 43.6 Å². The number of pyridine rings is 1. The molecule has 12 heteroatoms. The van der Waals surface area contributed by atoms with Crippen LogP contribution in [0.4, 0.5) is 5.69 Å². The van der Waals surface area contributed by atoms with Crippen LogP contribution in [0.2, 0.25) is 5.02 Å². The number of hydrogen-bond donors (Lipinski definition) is 2. The van der Waals surface area contributed by atoms with E-state index in [4.69, 9.17) is 21.1 Å². The zero-order chi connectivity index (χ0) is 30.3. The Hall–Kier alpha value is -3.67. The predicted molar refractivity (Wildman–Crippen MR) is 162 cm³/mol. The molecule has 4 rings (SSSR count). The molecule has 3 heterocycles. The Morgan fingerprint density at radius 3 is 2.55 bits per heavy atom. The lowest BCUT2D eigenvalue weighted by Crippen LogP contribution is -2.39. The summed E-state index contributed by atoms with van der Waals surface area (Å²) in [7, 11) is 0. The molecule has 0 spiro atoms. The van der Waals surface area contributed by atoms with Gasteiger partial charge in [0.05, 0.1) is 42.8 Å². The Morgan fingerprint density at radius 2 is 1.86 bits per heavy atom. The molecule has 1 fully saturated rings. The molecule has 2 N–H and O–H groups in total. The summed E-state index contributed by atoms with van der Waals surface area (Å²) < 4.78 is 14.5. The quantitative estimate of drug-likeness (QED) is 0.327. The summed E-state index contributed by atoms with van der Waals surface area (Å²) in [5, 5.41) is 6.04. The van der Waals surface area contributed by atoms with E-state index in [1.807, 2.05) is 55.8 Å². The molecule has 1 aromatic carbocycles. The minimum absolute atomic E-state index is 0.0720. The van der Waals surface area contributed by atoms with Crippen LogP contribution in [0.25, 0.3) is 5.69 Å². The summed E-state index contributed by atoms with van der Waals surface area (Å²) in [6, 6.07) is 10.9. The van der Waals surface area contributed by atoms with Crippen molar-refractivity contribution in [2.45, 2.75) is 40.7 Å². The number of anilines is 1. The third kappa shape index (κ3) is 7.78. The lowest BCUT2D eigenvalue weighted by Gasteiger charge is -2.27. The highest BCUT2D eigenvalue weighted by Crippen LogP contribution is 2.24. The summed E-state index contributed by atoms with van der Waals surface area (Å²) in [4.78, 5) is 46.2. The SMILES string of the molecule is CCOc1ncc(Cl)cc1C(=O)NCC(C)(C)CC(=O)Nc1c(C)n(CCN2CCOCC2)n(-c2ccccc2)c1=O. The summed E-state index contributed by atoms with van der Waals surface area (Å²) in [5.74, 6) is -0.529. The van der Waals surface area contributed by atoms with Crippen molar-refractivity contribution >= 4 is 29.1 Å². The smallest absolute Gasteiger partial charge is 0.295 e. The van der Waals surface area contributed by atoms with Crippen LogP contribution >= 0.6 is 11.6 Å². The van der Waals surface area contributed by atoms with Gasteiger partial charge in [0.15, 0.2) is 0 Å². The van der Waals surface area contributed by atoms with Crippen molar-refractivity contribution in [1.29, 1.82) is 0 Å². The number of benzene rings is 1. The highest BCUT2D eigenvalue weighted by Gasteiger charge is 2.27. The fourth-order valence-electron chi connectivity index (χ4n) is 4.88. The van der Waals surface area contributed by atoms with Crippen molar-refractivity contribution in [3.8, 4) is 11.6 Å². The molecule has 226 valence electrons. The topological polar surface area (TPSA) is 120 Å². The van der Waals surface area contributed by atoms with Crippen LogP contribution in [0.1, 0.15) is 43.2 Å². The number of rotatable bonds is 12. The third-order valence-corrected chi connectivity index (χ3v) is 7.31. The van der Waals surface area contributed by atoms with Crippen molar-refractivity contribution in [2.75, 3.05) is 51.3 Å². The molecule has 0 atom stereocenters. The van der Waals surface area contributed by atoms with Crippen LogP contribution < -0.4 is 20.9 Å². The van der Waals surface area contributed by atoms with E-state index in [0.717, 1.165) is 25.3 Å². The largest absolute Gasteiger partial charge is 0.477 e. The van der Waals surface area contributed by atoms with Gasteiger partial charge in [-0.25, -0.2) is 9.67 Å². The summed E-state index contributed by atoms with van der Waals surface area (Å²) >= 11 is 6.05. The first-order valence-electron chi connectivity index (χ1n) is 14.1.